The molecule has 5 rings (SSSR count). The molecular formula is C27H36N8O2. The van der Waals surface area contributed by atoms with Crippen molar-refractivity contribution in [3.8, 4) is 17.1 Å². The van der Waals surface area contributed by atoms with Crippen molar-refractivity contribution in [2.75, 3.05) is 37.8 Å². The number of rotatable bonds is 9. The van der Waals surface area contributed by atoms with Crippen LogP contribution in [0.15, 0.2) is 58.8 Å². The molecule has 1 atom stereocenters. The van der Waals surface area contributed by atoms with E-state index in [-0.39, 0.29) is 12.3 Å². The van der Waals surface area contributed by atoms with Crippen molar-refractivity contribution in [1.29, 1.82) is 0 Å². The number of likely N-dealkylation sites (N-methyl/N-ethyl adjacent to an activating group) is 1. The smallest absolute Gasteiger partial charge is 0.228 e. The van der Waals surface area contributed by atoms with Crippen molar-refractivity contribution in [2.45, 2.75) is 45.5 Å². The molecule has 4 heterocycles. The molecule has 37 heavy (non-hydrogen) atoms. The van der Waals surface area contributed by atoms with Gasteiger partial charge in [0.05, 0.1) is 6.54 Å². The molecule has 2 aromatic heterocycles. The van der Waals surface area contributed by atoms with Crippen LogP contribution in [0.1, 0.15) is 32.4 Å². The van der Waals surface area contributed by atoms with Gasteiger partial charge in [0, 0.05) is 43.5 Å². The van der Waals surface area contributed by atoms with Gasteiger partial charge in [-0.3, -0.25) is 0 Å². The Morgan fingerprint density at radius 3 is 2.62 bits per heavy atom. The Bertz CT molecular complexity index is 1200. The van der Waals surface area contributed by atoms with Crippen LogP contribution in [-0.2, 0) is 6.54 Å². The summed E-state index contributed by atoms with van der Waals surface area (Å²) in [5.41, 5.74) is 6.39. The van der Waals surface area contributed by atoms with Crippen LogP contribution in [0.5, 0.6) is 5.88 Å². The highest BCUT2D eigenvalue weighted by atomic mass is 16.5. The minimum atomic E-state index is -0.0426. The van der Waals surface area contributed by atoms with Crippen LogP contribution in [-0.4, -0.2) is 64.5 Å². The summed E-state index contributed by atoms with van der Waals surface area (Å²) in [6.45, 7) is 6.77. The summed E-state index contributed by atoms with van der Waals surface area (Å²) in [5, 5.41) is 13.0. The van der Waals surface area contributed by atoms with Crippen LogP contribution in [0.3, 0.4) is 0 Å². The number of piperidine rings is 1. The summed E-state index contributed by atoms with van der Waals surface area (Å²) in [7, 11) is 4.15. The lowest BCUT2D eigenvalue weighted by atomic mass is 10.1. The third kappa shape index (κ3) is 6.39. The molecule has 3 aromatic rings. The average molecular weight is 505 g/mol. The monoisotopic (exact) mass is 504 g/mol. The van der Waals surface area contributed by atoms with Gasteiger partial charge in [-0.25, -0.2) is 5.01 Å². The minimum Gasteiger partial charge on any atom is -0.474 e. The molecule has 0 aliphatic carbocycles. The van der Waals surface area contributed by atoms with Gasteiger partial charge in [0.1, 0.15) is 23.8 Å². The summed E-state index contributed by atoms with van der Waals surface area (Å²) in [6, 6.07) is 13.8. The van der Waals surface area contributed by atoms with Crippen LogP contribution in [0, 0.1) is 5.92 Å². The van der Waals surface area contributed by atoms with E-state index in [9.17, 15) is 0 Å². The Balaban J connectivity index is 1.32. The Morgan fingerprint density at radius 2 is 1.89 bits per heavy atom. The number of nitrogens with one attached hydrogen (secondary N) is 3. The number of anilines is 2. The van der Waals surface area contributed by atoms with Crippen LogP contribution < -0.4 is 20.8 Å². The maximum Gasteiger partial charge on any atom is 0.228 e. The number of nitrogens with zero attached hydrogens (tertiary/aromatic N) is 5. The molecule has 0 saturated carbocycles. The van der Waals surface area contributed by atoms with Gasteiger partial charge in [-0.1, -0.05) is 49.3 Å². The van der Waals surface area contributed by atoms with Crippen LogP contribution in [0.25, 0.3) is 11.3 Å². The molecule has 2 aliphatic heterocycles. The highest BCUT2D eigenvalue weighted by Gasteiger charge is 2.24. The molecule has 1 saturated heterocycles. The van der Waals surface area contributed by atoms with E-state index < -0.39 is 0 Å². The third-order valence-corrected chi connectivity index (χ3v) is 6.68. The molecule has 3 N–H and O–H groups in total. The van der Waals surface area contributed by atoms with Crippen LogP contribution in [0.4, 0.5) is 11.8 Å². The summed E-state index contributed by atoms with van der Waals surface area (Å²) in [4.78, 5) is 11.7. The maximum atomic E-state index is 6.31. The second kappa shape index (κ2) is 11.2. The topological polar surface area (TPSA) is 104 Å². The second-order valence-corrected chi connectivity index (χ2v) is 10.0. The Labute approximate surface area is 218 Å². The van der Waals surface area contributed by atoms with Gasteiger partial charge in [-0.2, -0.15) is 9.97 Å². The van der Waals surface area contributed by atoms with Crippen molar-refractivity contribution in [2.24, 2.45) is 5.92 Å². The number of ether oxygens (including phenoxy) is 1. The zero-order valence-electron chi connectivity index (χ0n) is 21.9. The first kappa shape index (κ1) is 25.0. The normalized spacial score (nSPS) is 19.1. The van der Waals surface area contributed by atoms with Gasteiger partial charge in [0.15, 0.2) is 5.76 Å². The molecule has 0 spiro atoms. The zero-order chi connectivity index (χ0) is 25.8. The predicted octanol–water partition coefficient (Wildman–Crippen LogP) is 3.94. The van der Waals surface area contributed by atoms with Gasteiger partial charge < -0.3 is 30.2 Å². The minimum absolute atomic E-state index is 0.0426. The molecule has 10 nitrogen and oxygen atoms in total. The molecule has 0 bridgehead atoms. The van der Waals surface area contributed by atoms with Crippen LogP contribution in [0.2, 0.25) is 0 Å². The number of likely N-dealkylation sites (tertiary alicyclic amines) is 1. The summed E-state index contributed by atoms with van der Waals surface area (Å²) >= 11 is 0. The van der Waals surface area contributed by atoms with Crippen molar-refractivity contribution < 1.29 is 9.26 Å². The summed E-state index contributed by atoms with van der Waals surface area (Å²) in [6.07, 6.45) is 4.22. The Morgan fingerprint density at radius 1 is 1.11 bits per heavy atom. The van der Waals surface area contributed by atoms with E-state index in [4.69, 9.17) is 14.2 Å². The number of benzene rings is 1. The molecule has 0 amide bonds. The maximum absolute atomic E-state index is 6.31. The molecule has 0 radical (unpaired) electrons. The summed E-state index contributed by atoms with van der Waals surface area (Å²) < 4.78 is 11.9. The zero-order valence-corrected chi connectivity index (χ0v) is 21.9. The fraction of sp³-hybridized carbons (Fsp3) is 0.444. The summed E-state index contributed by atoms with van der Waals surface area (Å²) in [5.74, 6) is 2.81. The van der Waals surface area contributed by atoms with Crippen molar-refractivity contribution in [1.82, 2.24) is 30.5 Å². The molecule has 10 heteroatoms. The van der Waals surface area contributed by atoms with Crippen molar-refractivity contribution >= 4 is 11.8 Å². The van der Waals surface area contributed by atoms with Crippen LogP contribution >= 0.6 is 0 Å². The largest absolute Gasteiger partial charge is 0.474 e. The number of hydrogen-bond donors (Lipinski definition) is 3. The quantitative estimate of drug-likeness (QED) is 0.397. The molecule has 1 unspecified atom stereocenters. The molecule has 1 fully saturated rings. The highest BCUT2D eigenvalue weighted by Crippen LogP contribution is 2.24. The SMILES string of the molecule is CC(C)C1=CC(Nc2cc(OC3CCN(C)CC3)nc(NCc3cc(-c4ccccc4)no3)n2)N(C)N1. The fourth-order valence-corrected chi connectivity index (χ4v) is 4.42. The molecule has 2 aliphatic rings. The number of aromatic nitrogens is 3. The first-order valence-electron chi connectivity index (χ1n) is 12.9. The lowest BCUT2D eigenvalue weighted by Crippen LogP contribution is -2.39. The van der Waals surface area contributed by atoms with E-state index in [0.29, 0.717) is 35.9 Å². The Kier molecular flexibility index (Phi) is 7.57. The predicted molar refractivity (Wildman–Crippen MR) is 144 cm³/mol. The van der Waals surface area contributed by atoms with Gasteiger partial charge in [-0.05, 0) is 31.9 Å². The Hall–Kier alpha value is -3.63. The number of hydrazine groups is 1. The lowest BCUT2D eigenvalue weighted by molar-refractivity contribution is 0.110. The lowest BCUT2D eigenvalue weighted by Gasteiger charge is -2.29. The first-order chi connectivity index (χ1) is 17.9. The van der Waals surface area contributed by atoms with Gasteiger partial charge in [0.25, 0.3) is 0 Å². The number of hydrogen-bond acceptors (Lipinski definition) is 10. The molecular weight excluding hydrogens is 468 g/mol. The molecule has 196 valence electrons. The number of allylic oxidation sites excluding steroid dienone is 1. The van der Waals surface area contributed by atoms with E-state index in [0.717, 1.165) is 37.2 Å². The molecule has 1 aromatic carbocycles. The van der Waals surface area contributed by atoms with Gasteiger partial charge in [-0.15, -0.1) is 0 Å². The van der Waals surface area contributed by atoms with E-state index in [1.165, 1.54) is 5.70 Å². The van der Waals surface area contributed by atoms with Gasteiger partial charge >= 0.3 is 0 Å². The highest BCUT2D eigenvalue weighted by molar-refractivity contribution is 5.58. The van der Waals surface area contributed by atoms with E-state index in [2.05, 4.69) is 58.1 Å². The second-order valence-electron chi connectivity index (χ2n) is 10.0. The van der Waals surface area contributed by atoms with Crippen molar-refractivity contribution in [3.05, 3.63) is 60.0 Å². The van der Waals surface area contributed by atoms with Gasteiger partial charge in [0.2, 0.25) is 11.8 Å². The average Bonchev–Trinajstić information content (AvgIpc) is 3.52. The standard InChI is InChI=1S/C27H36N8O2/c1-18(2)22-15-25(35(4)32-22)29-24-16-26(36-20-10-12-34(3)13-11-20)31-27(30-24)28-17-21-14-23(33-37-21)19-8-6-5-7-9-19/h5-9,14-16,18,20,25,32H,10-13,17H2,1-4H3,(H2,28,29,30,31). The van der Waals surface area contributed by atoms with E-state index in [1.807, 2.05) is 54.5 Å². The first-order valence-corrected chi connectivity index (χ1v) is 12.9. The van der Waals surface area contributed by atoms with Crippen molar-refractivity contribution in [3.63, 3.8) is 0 Å². The van der Waals surface area contributed by atoms with E-state index in [1.54, 1.807) is 0 Å². The fourth-order valence-electron chi connectivity index (χ4n) is 4.42. The van der Waals surface area contributed by atoms with E-state index >= 15 is 0 Å². The third-order valence-electron chi connectivity index (χ3n) is 6.68.